The maximum absolute atomic E-state index is 11.4. The van der Waals surface area contributed by atoms with Crippen molar-refractivity contribution in [2.75, 3.05) is 7.05 Å². The first kappa shape index (κ1) is 17.3. The van der Waals surface area contributed by atoms with Gasteiger partial charge in [0.05, 0.1) is 0 Å². The standard InChI is InChI=1S/C23H18N4O2/c1-26-14-19-7-6-17(11-21(19)26)20-10-18-8-9-27(22(18)24-12-20)13-15-2-4-16(5-3-15)23(28)25-29/h2-12,14H,13H2,1H3,(H-,25,28,29)/p+1. The van der Waals surface area contributed by atoms with Gasteiger partial charge in [-0.3, -0.25) is 10.0 Å². The largest absolute Gasteiger partial charge is 0.328 e. The lowest BCUT2D eigenvalue weighted by molar-refractivity contribution is 0.0706. The molecule has 3 heterocycles. The predicted octanol–water partition coefficient (Wildman–Crippen LogP) is 1.74. The summed E-state index contributed by atoms with van der Waals surface area (Å²) in [7, 11) is 2.05. The van der Waals surface area contributed by atoms with Crippen LogP contribution in [0, 0.1) is 0 Å². The van der Waals surface area contributed by atoms with Crippen LogP contribution in [0.2, 0.25) is 0 Å². The lowest BCUT2D eigenvalue weighted by Crippen LogP contribution is -2.44. The minimum Gasteiger partial charge on any atom is -0.328 e. The molecule has 1 aliphatic heterocycles. The smallest absolute Gasteiger partial charge is 0.274 e. The van der Waals surface area contributed by atoms with Crippen molar-refractivity contribution >= 4 is 23.1 Å². The van der Waals surface area contributed by atoms with Crippen molar-refractivity contribution in [1.29, 1.82) is 0 Å². The van der Waals surface area contributed by atoms with Crippen LogP contribution in [0.5, 0.6) is 0 Å². The zero-order valence-corrected chi connectivity index (χ0v) is 15.8. The second kappa shape index (κ2) is 6.68. The zero-order chi connectivity index (χ0) is 20.0. The number of carbonyl (C=O) groups excluding carboxylic acids is 1. The van der Waals surface area contributed by atoms with E-state index in [1.54, 1.807) is 17.6 Å². The molecule has 2 aromatic heterocycles. The molecular formula is C23H19N4O2+. The Bertz CT molecular complexity index is 1380. The number of rotatable bonds is 4. The van der Waals surface area contributed by atoms with E-state index in [0.717, 1.165) is 27.7 Å². The van der Waals surface area contributed by atoms with Crippen LogP contribution in [0.4, 0.5) is 0 Å². The maximum atomic E-state index is 11.4. The molecule has 0 fully saturated rings. The van der Waals surface area contributed by atoms with E-state index in [9.17, 15) is 4.79 Å². The lowest BCUT2D eigenvalue weighted by atomic mass is 10.0. The van der Waals surface area contributed by atoms with Crippen molar-refractivity contribution in [3.63, 3.8) is 0 Å². The van der Waals surface area contributed by atoms with Gasteiger partial charge in [0.1, 0.15) is 17.9 Å². The number of carbonyl (C=O) groups is 1. The third-order valence-electron chi connectivity index (χ3n) is 5.35. The highest BCUT2D eigenvalue weighted by Gasteiger charge is 2.12. The van der Waals surface area contributed by atoms with E-state index in [0.29, 0.717) is 12.1 Å². The average molecular weight is 383 g/mol. The molecule has 0 aliphatic carbocycles. The highest BCUT2D eigenvalue weighted by molar-refractivity contribution is 5.93. The van der Waals surface area contributed by atoms with Crippen molar-refractivity contribution in [1.82, 2.24) is 19.6 Å². The van der Waals surface area contributed by atoms with Gasteiger partial charge in [-0.1, -0.05) is 18.2 Å². The topological polar surface area (TPSA) is 70.2 Å². The van der Waals surface area contributed by atoms with E-state index in [1.165, 1.54) is 10.6 Å². The first-order valence-corrected chi connectivity index (χ1v) is 9.33. The minimum atomic E-state index is -0.517. The summed E-state index contributed by atoms with van der Waals surface area (Å²) in [6.45, 7) is 0.649. The molecule has 2 aromatic carbocycles. The summed E-state index contributed by atoms with van der Waals surface area (Å²) in [4.78, 5) is 16.2. The first-order chi connectivity index (χ1) is 14.1. The Hall–Kier alpha value is -3.77. The van der Waals surface area contributed by atoms with Gasteiger partial charge >= 0.3 is 0 Å². The molecule has 0 unspecified atom stereocenters. The predicted molar refractivity (Wildman–Crippen MR) is 111 cm³/mol. The molecular weight excluding hydrogens is 364 g/mol. The third-order valence-corrected chi connectivity index (χ3v) is 5.35. The van der Waals surface area contributed by atoms with Crippen molar-refractivity contribution in [2.45, 2.75) is 6.54 Å². The fourth-order valence-corrected chi connectivity index (χ4v) is 3.74. The molecule has 0 saturated heterocycles. The van der Waals surface area contributed by atoms with Gasteiger partial charge in [-0.15, -0.1) is 0 Å². The molecule has 4 aromatic rings. The molecule has 2 N–H and O–H groups in total. The number of hydrogen-bond donors (Lipinski definition) is 2. The van der Waals surface area contributed by atoms with Gasteiger partial charge in [0.2, 0.25) is 5.36 Å². The molecule has 0 spiro atoms. The van der Waals surface area contributed by atoms with Gasteiger partial charge < -0.3 is 4.57 Å². The molecule has 0 bridgehead atoms. The van der Waals surface area contributed by atoms with Crippen molar-refractivity contribution < 1.29 is 10.0 Å². The fourth-order valence-electron chi connectivity index (χ4n) is 3.74. The van der Waals surface area contributed by atoms with Gasteiger partial charge in [-0.25, -0.2) is 10.5 Å². The summed E-state index contributed by atoms with van der Waals surface area (Å²) >= 11 is 0. The molecule has 6 nitrogen and oxygen atoms in total. The Balaban J connectivity index is 1.44. The van der Waals surface area contributed by atoms with E-state index in [1.807, 2.05) is 24.5 Å². The molecule has 1 aliphatic rings. The average Bonchev–Trinajstić information content (AvgIpc) is 3.15. The molecule has 0 atom stereocenters. The van der Waals surface area contributed by atoms with Crippen molar-refractivity contribution in [3.8, 4) is 11.1 Å². The van der Waals surface area contributed by atoms with Gasteiger partial charge in [0, 0.05) is 41.5 Å². The van der Waals surface area contributed by atoms with Crippen molar-refractivity contribution in [2.24, 2.45) is 0 Å². The van der Waals surface area contributed by atoms with Gasteiger partial charge in [0.15, 0.2) is 6.20 Å². The molecule has 0 saturated carbocycles. The molecule has 1 amide bonds. The maximum Gasteiger partial charge on any atom is 0.274 e. The normalized spacial score (nSPS) is 12.3. The monoisotopic (exact) mass is 383 g/mol. The van der Waals surface area contributed by atoms with E-state index < -0.39 is 5.91 Å². The first-order valence-electron chi connectivity index (χ1n) is 9.33. The second-order valence-corrected chi connectivity index (χ2v) is 7.23. The summed E-state index contributed by atoms with van der Waals surface area (Å²) in [5.41, 5.74) is 6.27. The summed E-state index contributed by atoms with van der Waals surface area (Å²) in [5.74, 6) is -0.517. The highest BCUT2D eigenvalue weighted by Crippen LogP contribution is 2.23. The molecule has 142 valence electrons. The van der Waals surface area contributed by atoms with Crippen LogP contribution in [-0.2, 0) is 6.54 Å². The van der Waals surface area contributed by atoms with Crippen LogP contribution in [-0.4, -0.2) is 27.7 Å². The summed E-state index contributed by atoms with van der Waals surface area (Å²) in [6.07, 6.45) is 6.05. The Kier molecular flexibility index (Phi) is 4.00. The van der Waals surface area contributed by atoms with E-state index in [-0.39, 0.29) is 0 Å². The van der Waals surface area contributed by atoms with E-state index in [2.05, 4.69) is 52.7 Å². The van der Waals surface area contributed by atoms with Crippen molar-refractivity contribution in [3.05, 3.63) is 88.7 Å². The van der Waals surface area contributed by atoms with Crippen LogP contribution in [0.3, 0.4) is 0 Å². The number of amides is 1. The van der Waals surface area contributed by atoms with Crippen LogP contribution >= 0.6 is 0 Å². The Labute approximate surface area is 166 Å². The second-order valence-electron chi connectivity index (χ2n) is 7.23. The summed E-state index contributed by atoms with van der Waals surface area (Å²) < 4.78 is 4.21. The molecule has 5 rings (SSSR count). The van der Waals surface area contributed by atoms with E-state index >= 15 is 0 Å². The number of nitrogens with one attached hydrogen (secondary N) is 1. The quantitative estimate of drug-likeness (QED) is 0.320. The number of benzene rings is 2. The zero-order valence-electron chi connectivity index (χ0n) is 15.8. The minimum absolute atomic E-state index is 0.415. The Morgan fingerprint density at radius 3 is 2.69 bits per heavy atom. The fraction of sp³-hybridized carbons (Fsp3) is 0.0870. The number of hydrogen-bond acceptors (Lipinski definition) is 3. The number of pyridine rings is 1. The number of fused-ring (bicyclic) bond motifs is 2. The van der Waals surface area contributed by atoms with Gasteiger partial charge in [0.25, 0.3) is 5.91 Å². The number of aromatic nitrogens is 2. The molecule has 29 heavy (non-hydrogen) atoms. The van der Waals surface area contributed by atoms with Crippen LogP contribution in [0.25, 0.3) is 28.4 Å². The van der Waals surface area contributed by atoms with Crippen LogP contribution in [0.15, 0.2) is 67.0 Å². The van der Waals surface area contributed by atoms with Gasteiger partial charge in [-0.2, -0.15) is 4.58 Å². The summed E-state index contributed by atoms with van der Waals surface area (Å²) in [6, 6.07) is 17.8. The number of nitrogens with zero attached hydrogens (tertiary/aromatic N) is 3. The summed E-state index contributed by atoms with van der Waals surface area (Å²) in [5, 5.41) is 12.3. The Morgan fingerprint density at radius 2 is 1.93 bits per heavy atom. The van der Waals surface area contributed by atoms with Crippen LogP contribution in [0.1, 0.15) is 15.9 Å². The van der Waals surface area contributed by atoms with Crippen LogP contribution < -0.4 is 20.6 Å². The SMILES string of the molecule is C[N+]1=c2cc(-c3cnc4c(ccn4Cc4ccc(C(=O)NO)cc4)c3)ccc2=C1. The lowest BCUT2D eigenvalue weighted by Gasteiger charge is -2.07. The third kappa shape index (κ3) is 2.99. The highest BCUT2D eigenvalue weighted by atomic mass is 16.5. The number of hydroxylamine groups is 1. The molecule has 6 heteroatoms. The van der Waals surface area contributed by atoms with Gasteiger partial charge in [-0.05, 0) is 41.5 Å². The molecule has 0 radical (unpaired) electrons. The Morgan fingerprint density at radius 1 is 1.10 bits per heavy atom. The van der Waals surface area contributed by atoms with E-state index in [4.69, 9.17) is 10.2 Å².